The second-order valence-corrected chi connectivity index (χ2v) is 10.0. The number of fused-ring (bicyclic) bond motifs is 3. The van der Waals surface area contributed by atoms with Crippen molar-refractivity contribution in [3.63, 3.8) is 0 Å². The number of nitrogens with one attached hydrogen (secondary N) is 3. The maximum atomic E-state index is 13.4. The Bertz CT molecular complexity index is 2200. The van der Waals surface area contributed by atoms with Crippen LogP contribution in [-0.4, -0.2) is 52.2 Å². The Balaban J connectivity index is 0.000000190. The van der Waals surface area contributed by atoms with Crippen LogP contribution in [0.3, 0.4) is 0 Å². The van der Waals surface area contributed by atoms with Crippen molar-refractivity contribution in [2.75, 3.05) is 14.2 Å². The fraction of sp³-hybridized carbons (Fsp3) is 0.0938. The second kappa shape index (κ2) is 14.8. The first kappa shape index (κ1) is 35.4. The molecule has 240 valence electrons. The van der Waals surface area contributed by atoms with Gasteiger partial charge in [0, 0.05) is 20.6 Å². The molecule has 3 aromatic heterocycles. The van der Waals surface area contributed by atoms with E-state index in [-0.39, 0.29) is 46.5 Å². The van der Waals surface area contributed by atoms with Gasteiger partial charge in [-0.25, -0.2) is 27.6 Å². The van der Waals surface area contributed by atoms with Gasteiger partial charge >= 0.3 is 17.9 Å². The van der Waals surface area contributed by atoms with E-state index in [1.165, 1.54) is 50.6 Å². The van der Waals surface area contributed by atoms with Crippen molar-refractivity contribution >= 4 is 66.5 Å². The fourth-order valence-corrected chi connectivity index (χ4v) is 4.72. The molecule has 0 spiro atoms. The lowest BCUT2D eigenvalue weighted by atomic mass is 10.1. The Morgan fingerprint density at radius 2 is 1.04 bits per heavy atom. The standard InChI is InChI=1S/C11H7FN2O2.C10H7BrFNO2.C10H5FN2O2.CH4/c1-16-11(15)9-4-7-6(5-13)2-3-8(12)10(7)14-9;1-15-10(14)8-4-5-6(11)2-3-7(12)9(5)13-8;11-7-2-1-5(4-12)6-3-8(10(14)15)13-9(6)7;/h2-4,14H,1H3;2-4,13H,1H3;1-3,13H,(H,14,15);1H4. The van der Waals surface area contributed by atoms with Crippen molar-refractivity contribution in [1.29, 1.82) is 10.5 Å². The van der Waals surface area contributed by atoms with Gasteiger partial charge in [-0.1, -0.05) is 23.4 Å². The summed E-state index contributed by atoms with van der Waals surface area (Å²) in [5, 5.41) is 27.6. The summed E-state index contributed by atoms with van der Waals surface area (Å²) in [5.41, 5.74) is 1.26. The van der Waals surface area contributed by atoms with Gasteiger partial charge in [-0.05, 0) is 54.6 Å². The lowest BCUT2D eigenvalue weighted by Gasteiger charge is -1.94. The zero-order chi connectivity index (χ0) is 33.7. The third-order valence-corrected chi connectivity index (χ3v) is 7.15. The summed E-state index contributed by atoms with van der Waals surface area (Å²) in [6.07, 6.45) is 0. The van der Waals surface area contributed by atoms with Gasteiger partial charge in [0.15, 0.2) is 0 Å². The lowest BCUT2D eigenvalue weighted by molar-refractivity contribution is 0.0586. The van der Waals surface area contributed by atoms with E-state index in [0.717, 1.165) is 10.5 Å². The Morgan fingerprint density at radius 1 is 0.681 bits per heavy atom. The molecule has 0 unspecified atom stereocenters. The van der Waals surface area contributed by atoms with Gasteiger partial charge < -0.3 is 29.5 Å². The third-order valence-electron chi connectivity index (χ3n) is 6.46. The molecule has 0 saturated heterocycles. The number of nitrogens with zero attached hydrogens (tertiary/aromatic N) is 2. The number of carbonyl (C=O) groups is 3. The molecule has 0 amide bonds. The molecular formula is C32H23BrF3N5O6. The molecule has 15 heteroatoms. The lowest BCUT2D eigenvalue weighted by Crippen LogP contribution is -2.00. The predicted octanol–water partition coefficient (Wildman–Crippen LogP) is 7.33. The number of aromatic carboxylic acids is 1. The number of benzene rings is 3. The van der Waals surface area contributed by atoms with E-state index in [0.29, 0.717) is 21.9 Å². The molecule has 11 nitrogen and oxygen atoms in total. The molecule has 6 aromatic rings. The van der Waals surface area contributed by atoms with E-state index in [9.17, 15) is 27.6 Å². The fourth-order valence-electron chi connectivity index (χ4n) is 4.27. The highest BCUT2D eigenvalue weighted by Gasteiger charge is 2.16. The van der Waals surface area contributed by atoms with Crippen LogP contribution in [0.5, 0.6) is 0 Å². The van der Waals surface area contributed by atoms with Crippen molar-refractivity contribution in [3.05, 3.63) is 105 Å². The maximum absolute atomic E-state index is 13.4. The topological polar surface area (TPSA) is 185 Å². The van der Waals surface area contributed by atoms with E-state index in [1.54, 1.807) is 12.1 Å². The molecule has 4 N–H and O–H groups in total. The van der Waals surface area contributed by atoms with Gasteiger partial charge in [0.2, 0.25) is 0 Å². The molecule has 0 aliphatic rings. The first-order chi connectivity index (χ1) is 21.9. The van der Waals surface area contributed by atoms with Crippen molar-refractivity contribution in [1.82, 2.24) is 15.0 Å². The van der Waals surface area contributed by atoms with Crippen LogP contribution in [0.2, 0.25) is 0 Å². The Hall–Kier alpha value is -6.06. The van der Waals surface area contributed by atoms with Gasteiger partial charge in [-0.15, -0.1) is 0 Å². The summed E-state index contributed by atoms with van der Waals surface area (Å²) in [4.78, 5) is 40.8. The summed E-state index contributed by atoms with van der Waals surface area (Å²) in [6, 6.07) is 15.9. The van der Waals surface area contributed by atoms with Crippen LogP contribution in [0, 0.1) is 40.1 Å². The highest BCUT2D eigenvalue weighted by molar-refractivity contribution is 9.10. The normalized spacial score (nSPS) is 10.0. The quantitative estimate of drug-likeness (QED) is 0.138. The summed E-state index contributed by atoms with van der Waals surface area (Å²) < 4.78 is 49.7. The Labute approximate surface area is 272 Å². The van der Waals surface area contributed by atoms with Gasteiger partial charge in [-0.2, -0.15) is 10.5 Å². The number of ether oxygens (including phenoxy) is 2. The number of esters is 2. The average molecular weight is 710 g/mol. The van der Waals surface area contributed by atoms with Gasteiger partial charge in [0.25, 0.3) is 0 Å². The zero-order valence-electron chi connectivity index (χ0n) is 23.6. The molecule has 0 aliphatic carbocycles. The van der Waals surface area contributed by atoms with Crippen LogP contribution in [0.4, 0.5) is 13.2 Å². The minimum atomic E-state index is -1.19. The SMILES string of the molecule is C.COC(=O)c1cc2c(Br)ccc(F)c2[nH]1.COC(=O)c1cc2c(C#N)ccc(F)c2[nH]1.N#Cc1ccc(F)c2[nH]c(C(=O)O)cc12. The first-order valence-electron chi connectivity index (χ1n) is 12.7. The largest absolute Gasteiger partial charge is 0.477 e. The molecule has 0 fully saturated rings. The number of carbonyl (C=O) groups excluding carboxylic acids is 2. The van der Waals surface area contributed by atoms with Crippen LogP contribution < -0.4 is 0 Å². The van der Waals surface area contributed by atoms with Crippen molar-refractivity contribution in [2.24, 2.45) is 0 Å². The minimum Gasteiger partial charge on any atom is -0.477 e. The molecule has 3 aromatic carbocycles. The smallest absolute Gasteiger partial charge is 0.354 e. The average Bonchev–Trinajstić information content (AvgIpc) is 3.82. The van der Waals surface area contributed by atoms with Crippen molar-refractivity contribution < 1.29 is 42.1 Å². The molecule has 0 aliphatic heterocycles. The Morgan fingerprint density at radius 3 is 1.43 bits per heavy atom. The summed E-state index contributed by atoms with van der Waals surface area (Å²) in [7, 11) is 2.51. The molecule has 47 heavy (non-hydrogen) atoms. The van der Waals surface area contributed by atoms with Crippen LogP contribution >= 0.6 is 15.9 Å². The first-order valence-corrected chi connectivity index (χ1v) is 13.5. The predicted molar refractivity (Wildman–Crippen MR) is 168 cm³/mol. The zero-order valence-corrected chi connectivity index (χ0v) is 25.2. The number of rotatable bonds is 3. The molecule has 0 atom stereocenters. The summed E-state index contributed by atoms with van der Waals surface area (Å²) in [5.74, 6) is -3.78. The van der Waals surface area contributed by atoms with Crippen LogP contribution in [-0.2, 0) is 9.47 Å². The monoisotopic (exact) mass is 709 g/mol. The third kappa shape index (κ3) is 7.27. The number of nitriles is 2. The van der Waals surface area contributed by atoms with Crippen LogP contribution in [0.1, 0.15) is 50.0 Å². The number of carboxylic acids is 1. The second-order valence-electron chi connectivity index (χ2n) is 9.15. The molecule has 0 saturated carbocycles. The highest BCUT2D eigenvalue weighted by atomic mass is 79.9. The molecular weight excluding hydrogens is 687 g/mol. The maximum Gasteiger partial charge on any atom is 0.354 e. The van der Waals surface area contributed by atoms with Crippen molar-refractivity contribution in [2.45, 2.75) is 7.43 Å². The van der Waals surface area contributed by atoms with E-state index < -0.39 is 35.4 Å². The summed E-state index contributed by atoms with van der Waals surface area (Å²) >= 11 is 3.28. The number of H-pyrrole nitrogens is 3. The molecule has 0 bridgehead atoms. The van der Waals surface area contributed by atoms with E-state index >= 15 is 0 Å². The van der Waals surface area contributed by atoms with Crippen molar-refractivity contribution in [3.8, 4) is 12.1 Å². The Kier molecular flexibility index (Phi) is 11.2. The van der Waals surface area contributed by atoms with E-state index in [1.807, 2.05) is 12.1 Å². The number of halogens is 4. The summed E-state index contributed by atoms with van der Waals surface area (Å²) in [6.45, 7) is 0. The highest BCUT2D eigenvalue weighted by Crippen LogP contribution is 2.27. The molecule has 3 heterocycles. The van der Waals surface area contributed by atoms with Gasteiger partial charge in [0.1, 0.15) is 34.5 Å². The van der Waals surface area contributed by atoms with Crippen LogP contribution in [0.25, 0.3) is 32.7 Å². The van der Waals surface area contributed by atoms with E-state index in [2.05, 4.69) is 40.4 Å². The number of methoxy groups -OCH3 is 2. The molecule has 6 rings (SSSR count). The number of carboxylic acid groups (broad SMARTS) is 1. The number of hydrogen-bond acceptors (Lipinski definition) is 7. The number of hydrogen-bond donors (Lipinski definition) is 4. The minimum absolute atomic E-state index is 0. The van der Waals surface area contributed by atoms with Gasteiger partial charge in [-0.3, -0.25) is 0 Å². The van der Waals surface area contributed by atoms with Gasteiger partial charge in [0.05, 0.1) is 54.0 Å². The number of aromatic nitrogens is 3. The van der Waals surface area contributed by atoms with Crippen LogP contribution in [0.15, 0.2) is 59.1 Å². The number of aromatic amines is 3. The van der Waals surface area contributed by atoms with E-state index in [4.69, 9.17) is 15.6 Å². The molecule has 0 radical (unpaired) electrons.